The predicted octanol–water partition coefficient (Wildman–Crippen LogP) is 2.98. The summed E-state index contributed by atoms with van der Waals surface area (Å²) in [5, 5.41) is 6.82. The average Bonchev–Trinajstić information content (AvgIpc) is 3.08. The second-order valence-corrected chi connectivity index (χ2v) is 6.24. The summed E-state index contributed by atoms with van der Waals surface area (Å²) in [6, 6.07) is 7.57. The van der Waals surface area contributed by atoms with Crippen molar-refractivity contribution in [3.8, 4) is 5.75 Å². The third-order valence-electron chi connectivity index (χ3n) is 3.74. The SMILES string of the molecule is COc1cccc(CN(C)C(=O)NCCCc2nc(C(C)C)no2)c1. The molecular formula is C18H26N4O3. The van der Waals surface area contributed by atoms with Gasteiger partial charge in [-0.15, -0.1) is 0 Å². The highest BCUT2D eigenvalue weighted by Gasteiger charge is 2.11. The molecule has 2 aromatic rings. The van der Waals surface area contributed by atoms with Crippen LogP contribution in [0.5, 0.6) is 5.75 Å². The van der Waals surface area contributed by atoms with Crippen LogP contribution >= 0.6 is 0 Å². The highest BCUT2D eigenvalue weighted by Crippen LogP contribution is 2.14. The lowest BCUT2D eigenvalue weighted by Crippen LogP contribution is -2.37. The number of carbonyl (C=O) groups is 1. The Labute approximate surface area is 148 Å². The Morgan fingerprint density at radius 2 is 2.20 bits per heavy atom. The molecule has 136 valence electrons. The number of urea groups is 1. The standard InChI is InChI=1S/C18H26N4O3/c1-13(2)17-20-16(25-21-17)9-6-10-19-18(23)22(3)12-14-7-5-8-15(11-14)24-4/h5,7-8,11,13H,6,9-10,12H2,1-4H3,(H,19,23). The van der Waals surface area contributed by atoms with Gasteiger partial charge in [-0.2, -0.15) is 4.98 Å². The number of carbonyl (C=O) groups excluding carboxylic acids is 1. The molecule has 0 aliphatic heterocycles. The van der Waals surface area contributed by atoms with Crippen molar-refractivity contribution in [1.82, 2.24) is 20.4 Å². The first kappa shape index (κ1) is 18.8. The van der Waals surface area contributed by atoms with Crippen LogP contribution in [-0.2, 0) is 13.0 Å². The zero-order chi connectivity index (χ0) is 18.2. The van der Waals surface area contributed by atoms with Gasteiger partial charge in [-0.1, -0.05) is 31.1 Å². The Morgan fingerprint density at radius 3 is 2.88 bits per heavy atom. The molecule has 0 fully saturated rings. The molecule has 1 N–H and O–H groups in total. The van der Waals surface area contributed by atoms with Gasteiger partial charge in [0.1, 0.15) is 5.75 Å². The van der Waals surface area contributed by atoms with Crippen LogP contribution < -0.4 is 10.1 Å². The van der Waals surface area contributed by atoms with Gasteiger partial charge in [0.2, 0.25) is 5.89 Å². The van der Waals surface area contributed by atoms with Crippen molar-refractivity contribution in [3.05, 3.63) is 41.5 Å². The van der Waals surface area contributed by atoms with Crippen molar-refractivity contribution in [2.24, 2.45) is 0 Å². The van der Waals surface area contributed by atoms with Crippen LogP contribution in [0.15, 0.2) is 28.8 Å². The van der Waals surface area contributed by atoms with Gasteiger partial charge in [0.05, 0.1) is 7.11 Å². The second kappa shape index (κ2) is 9.05. The zero-order valence-electron chi connectivity index (χ0n) is 15.3. The summed E-state index contributed by atoms with van der Waals surface area (Å²) < 4.78 is 10.4. The number of amides is 2. The minimum absolute atomic E-state index is 0.115. The van der Waals surface area contributed by atoms with E-state index >= 15 is 0 Å². The molecule has 0 bridgehead atoms. The molecular weight excluding hydrogens is 320 g/mol. The second-order valence-electron chi connectivity index (χ2n) is 6.24. The van der Waals surface area contributed by atoms with Crippen LogP contribution in [0.3, 0.4) is 0 Å². The van der Waals surface area contributed by atoms with E-state index in [0.29, 0.717) is 25.4 Å². The number of aryl methyl sites for hydroxylation is 1. The normalized spacial score (nSPS) is 10.8. The minimum Gasteiger partial charge on any atom is -0.497 e. The summed E-state index contributed by atoms with van der Waals surface area (Å²) in [6.07, 6.45) is 1.40. The maximum absolute atomic E-state index is 12.1. The Balaban J connectivity index is 1.71. The number of aromatic nitrogens is 2. The molecule has 0 saturated carbocycles. The highest BCUT2D eigenvalue weighted by molar-refractivity contribution is 5.73. The lowest BCUT2D eigenvalue weighted by molar-refractivity contribution is 0.206. The molecule has 0 aliphatic carbocycles. The number of nitrogens with one attached hydrogen (secondary N) is 1. The summed E-state index contributed by atoms with van der Waals surface area (Å²) in [5.41, 5.74) is 1.02. The summed E-state index contributed by atoms with van der Waals surface area (Å²) in [5.74, 6) is 2.37. The topological polar surface area (TPSA) is 80.5 Å². The fraction of sp³-hybridized carbons (Fsp3) is 0.500. The molecule has 1 aromatic heterocycles. The molecule has 1 aromatic carbocycles. The number of hydrogen-bond donors (Lipinski definition) is 1. The molecule has 7 heteroatoms. The first-order valence-corrected chi connectivity index (χ1v) is 8.44. The minimum atomic E-state index is -0.115. The Hall–Kier alpha value is -2.57. The van der Waals surface area contributed by atoms with Crippen molar-refractivity contribution in [1.29, 1.82) is 0 Å². The van der Waals surface area contributed by atoms with Gasteiger partial charge < -0.3 is 19.5 Å². The molecule has 0 saturated heterocycles. The highest BCUT2D eigenvalue weighted by atomic mass is 16.5. The monoisotopic (exact) mass is 346 g/mol. The maximum atomic E-state index is 12.1. The van der Waals surface area contributed by atoms with Crippen LogP contribution in [0.2, 0.25) is 0 Å². The first-order chi connectivity index (χ1) is 12.0. The Bertz CT molecular complexity index is 684. The van der Waals surface area contributed by atoms with E-state index in [1.54, 1.807) is 19.1 Å². The van der Waals surface area contributed by atoms with Gasteiger partial charge in [0.15, 0.2) is 5.82 Å². The molecule has 2 amide bonds. The average molecular weight is 346 g/mol. The maximum Gasteiger partial charge on any atom is 0.317 e. The van der Waals surface area contributed by atoms with E-state index in [4.69, 9.17) is 9.26 Å². The van der Waals surface area contributed by atoms with E-state index in [-0.39, 0.29) is 11.9 Å². The van der Waals surface area contributed by atoms with E-state index in [1.165, 1.54) is 0 Å². The fourth-order valence-electron chi connectivity index (χ4n) is 2.29. The molecule has 7 nitrogen and oxygen atoms in total. The van der Waals surface area contributed by atoms with Crippen molar-refractivity contribution < 1.29 is 14.1 Å². The number of nitrogens with zero attached hydrogens (tertiary/aromatic N) is 3. The van der Waals surface area contributed by atoms with Crippen molar-refractivity contribution >= 4 is 6.03 Å². The number of methoxy groups -OCH3 is 1. The van der Waals surface area contributed by atoms with Gasteiger partial charge in [0, 0.05) is 32.5 Å². The summed E-state index contributed by atoms with van der Waals surface area (Å²) in [7, 11) is 3.39. The lowest BCUT2D eigenvalue weighted by Gasteiger charge is -2.18. The summed E-state index contributed by atoms with van der Waals surface area (Å²) in [6.45, 7) is 5.12. The van der Waals surface area contributed by atoms with Crippen molar-refractivity contribution in [2.45, 2.75) is 39.2 Å². The molecule has 0 atom stereocenters. The number of benzene rings is 1. The van der Waals surface area contributed by atoms with Gasteiger partial charge in [-0.25, -0.2) is 4.79 Å². The summed E-state index contributed by atoms with van der Waals surface area (Å²) >= 11 is 0. The van der Waals surface area contributed by atoms with Crippen LogP contribution in [-0.4, -0.2) is 41.8 Å². The lowest BCUT2D eigenvalue weighted by atomic mass is 10.2. The number of ether oxygens (including phenoxy) is 1. The fourth-order valence-corrected chi connectivity index (χ4v) is 2.29. The van der Waals surface area contributed by atoms with Gasteiger partial charge in [-0.3, -0.25) is 0 Å². The van der Waals surface area contributed by atoms with E-state index in [9.17, 15) is 4.79 Å². The van der Waals surface area contributed by atoms with Crippen molar-refractivity contribution in [3.63, 3.8) is 0 Å². The molecule has 2 rings (SSSR count). The van der Waals surface area contributed by atoms with Crippen LogP contribution in [0, 0.1) is 0 Å². The van der Waals surface area contributed by atoms with E-state index in [2.05, 4.69) is 15.5 Å². The largest absolute Gasteiger partial charge is 0.497 e. The smallest absolute Gasteiger partial charge is 0.317 e. The van der Waals surface area contributed by atoms with Crippen LogP contribution in [0.1, 0.15) is 43.5 Å². The van der Waals surface area contributed by atoms with Gasteiger partial charge >= 0.3 is 6.03 Å². The number of rotatable bonds is 8. The van der Waals surface area contributed by atoms with E-state index < -0.39 is 0 Å². The predicted molar refractivity (Wildman–Crippen MR) is 94.6 cm³/mol. The van der Waals surface area contributed by atoms with Crippen molar-refractivity contribution in [2.75, 3.05) is 20.7 Å². The molecule has 25 heavy (non-hydrogen) atoms. The van der Waals surface area contributed by atoms with E-state index in [1.807, 2.05) is 38.1 Å². The first-order valence-electron chi connectivity index (χ1n) is 8.44. The van der Waals surface area contributed by atoms with E-state index in [0.717, 1.165) is 23.6 Å². The van der Waals surface area contributed by atoms with Crippen LogP contribution in [0.4, 0.5) is 4.79 Å². The summed E-state index contributed by atoms with van der Waals surface area (Å²) in [4.78, 5) is 18.1. The molecule has 0 radical (unpaired) electrons. The molecule has 0 spiro atoms. The van der Waals surface area contributed by atoms with Gasteiger partial charge in [0.25, 0.3) is 0 Å². The Morgan fingerprint density at radius 1 is 1.40 bits per heavy atom. The molecule has 0 unspecified atom stereocenters. The quantitative estimate of drug-likeness (QED) is 0.743. The van der Waals surface area contributed by atoms with Crippen LogP contribution in [0.25, 0.3) is 0 Å². The molecule has 1 heterocycles. The number of hydrogen-bond acceptors (Lipinski definition) is 5. The zero-order valence-corrected chi connectivity index (χ0v) is 15.3. The molecule has 0 aliphatic rings. The van der Waals surface area contributed by atoms with Gasteiger partial charge in [-0.05, 0) is 24.1 Å². The Kier molecular flexibility index (Phi) is 6.80. The third-order valence-corrected chi connectivity index (χ3v) is 3.74. The third kappa shape index (κ3) is 5.77.